The molecule has 0 bridgehead atoms. The molecule has 4 atom stereocenters. The highest BCUT2D eigenvalue weighted by molar-refractivity contribution is 6.07. The quantitative estimate of drug-likeness (QED) is 0.684. The molecule has 0 spiro atoms. The summed E-state index contributed by atoms with van der Waals surface area (Å²) in [4.78, 5) is 47.5. The minimum atomic E-state index is -1.47. The zero-order valence-corrected chi connectivity index (χ0v) is 16.8. The molecule has 0 saturated carbocycles. The number of carbonyl (C=O) groups is 2. The van der Waals surface area contributed by atoms with Gasteiger partial charge in [-0.3, -0.25) is 23.9 Å². The molecular formula is C23H20N4O4. The second kappa shape index (κ2) is 6.01. The third kappa shape index (κ3) is 2.12. The lowest BCUT2D eigenvalue weighted by atomic mass is 9.82. The van der Waals surface area contributed by atoms with E-state index >= 15 is 0 Å². The van der Waals surface area contributed by atoms with Crippen LogP contribution in [0.2, 0.25) is 0 Å². The maximum Gasteiger partial charge on any atom is 0.261 e. The number of nitrogens with zero attached hydrogens (tertiary/aromatic N) is 4. The average molecular weight is 416 g/mol. The Morgan fingerprint density at radius 3 is 2.61 bits per heavy atom. The SMILES string of the molecule is CC[C@H]1C(=O)N2c3ccccc3[C@]3(O)C[C@@H](n4cnc5ccccc5c4=O)C(=O)N1C23. The van der Waals surface area contributed by atoms with E-state index in [9.17, 15) is 19.5 Å². The van der Waals surface area contributed by atoms with E-state index in [0.29, 0.717) is 28.6 Å². The Kier molecular flexibility index (Phi) is 3.54. The van der Waals surface area contributed by atoms with E-state index < -0.39 is 23.9 Å². The number of rotatable bonds is 2. The summed E-state index contributed by atoms with van der Waals surface area (Å²) < 4.78 is 1.31. The molecule has 3 aliphatic heterocycles. The van der Waals surface area contributed by atoms with Gasteiger partial charge in [0.2, 0.25) is 5.91 Å². The number of carbonyl (C=O) groups excluding carboxylic acids is 2. The fraction of sp³-hybridized carbons (Fsp3) is 0.304. The maximum absolute atomic E-state index is 13.7. The van der Waals surface area contributed by atoms with E-state index in [1.807, 2.05) is 13.0 Å². The van der Waals surface area contributed by atoms with Crippen LogP contribution >= 0.6 is 0 Å². The molecule has 3 aliphatic rings. The molecule has 2 saturated heterocycles. The van der Waals surface area contributed by atoms with Crippen LogP contribution in [-0.2, 0) is 15.2 Å². The zero-order valence-electron chi connectivity index (χ0n) is 16.8. The second-order valence-electron chi connectivity index (χ2n) is 8.39. The number of aliphatic hydroxyl groups is 1. The molecule has 2 amide bonds. The molecule has 156 valence electrons. The van der Waals surface area contributed by atoms with Gasteiger partial charge in [0.1, 0.15) is 23.9 Å². The van der Waals surface area contributed by atoms with E-state index in [2.05, 4.69) is 4.98 Å². The maximum atomic E-state index is 13.7. The summed E-state index contributed by atoms with van der Waals surface area (Å²) in [6.45, 7) is 1.84. The van der Waals surface area contributed by atoms with Gasteiger partial charge in [0.15, 0.2) is 0 Å². The Bertz CT molecular complexity index is 1330. The van der Waals surface area contributed by atoms with Crippen LogP contribution in [0.3, 0.4) is 0 Å². The highest BCUT2D eigenvalue weighted by Crippen LogP contribution is 2.55. The van der Waals surface area contributed by atoms with Gasteiger partial charge in [-0.2, -0.15) is 0 Å². The summed E-state index contributed by atoms with van der Waals surface area (Å²) in [7, 11) is 0. The number of hydrogen-bond acceptors (Lipinski definition) is 5. The van der Waals surface area contributed by atoms with Crippen molar-refractivity contribution < 1.29 is 14.7 Å². The van der Waals surface area contributed by atoms with Crippen molar-refractivity contribution in [3.8, 4) is 0 Å². The molecule has 4 heterocycles. The summed E-state index contributed by atoms with van der Waals surface area (Å²) in [6, 6.07) is 12.5. The number of piperidine rings is 1. The van der Waals surface area contributed by atoms with E-state index in [1.54, 1.807) is 47.4 Å². The van der Waals surface area contributed by atoms with Crippen LogP contribution in [0.25, 0.3) is 10.9 Å². The van der Waals surface area contributed by atoms with Crippen molar-refractivity contribution in [3.63, 3.8) is 0 Å². The third-order valence-electron chi connectivity index (χ3n) is 6.88. The summed E-state index contributed by atoms with van der Waals surface area (Å²) in [5.41, 5.74) is -0.0399. The van der Waals surface area contributed by atoms with Crippen molar-refractivity contribution in [3.05, 3.63) is 70.8 Å². The predicted molar refractivity (Wildman–Crippen MR) is 112 cm³/mol. The molecule has 1 aromatic heterocycles. The normalized spacial score (nSPS) is 28.9. The van der Waals surface area contributed by atoms with Gasteiger partial charge < -0.3 is 10.0 Å². The first kappa shape index (κ1) is 18.3. The average Bonchev–Trinajstić information content (AvgIpc) is 3.23. The smallest absolute Gasteiger partial charge is 0.261 e. The van der Waals surface area contributed by atoms with Crippen molar-refractivity contribution >= 4 is 28.4 Å². The highest BCUT2D eigenvalue weighted by Gasteiger charge is 2.67. The van der Waals surface area contributed by atoms with Crippen molar-refractivity contribution in [2.45, 2.75) is 43.6 Å². The molecule has 8 heteroatoms. The summed E-state index contributed by atoms with van der Waals surface area (Å²) >= 11 is 0. The summed E-state index contributed by atoms with van der Waals surface area (Å²) in [6.07, 6.45) is 0.988. The van der Waals surface area contributed by atoms with E-state index in [1.165, 1.54) is 15.8 Å². The first-order chi connectivity index (χ1) is 15.0. The van der Waals surface area contributed by atoms with Crippen molar-refractivity contribution in [1.29, 1.82) is 0 Å². The van der Waals surface area contributed by atoms with Gasteiger partial charge in [-0.25, -0.2) is 4.98 Å². The Morgan fingerprint density at radius 2 is 1.81 bits per heavy atom. The Labute approximate surface area is 177 Å². The van der Waals surface area contributed by atoms with Gasteiger partial charge >= 0.3 is 0 Å². The number of fused-ring (bicyclic) bond motifs is 4. The van der Waals surface area contributed by atoms with Crippen LogP contribution in [-0.4, -0.2) is 43.6 Å². The van der Waals surface area contributed by atoms with Crippen LogP contribution in [0.1, 0.15) is 31.4 Å². The molecule has 6 rings (SSSR count). The third-order valence-corrected chi connectivity index (χ3v) is 6.88. The van der Waals surface area contributed by atoms with Crippen LogP contribution in [0.5, 0.6) is 0 Å². The van der Waals surface area contributed by atoms with E-state index in [4.69, 9.17) is 0 Å². The standard InChI is InChI=1S/C23H20N4O4/c1-2-16-20(29)27-17-10-6-4-8-14(17)23(31)11-18(21(30)26(16)22(23)27)25-12-24-15-9-5-3-7-13(15)19(25)28/h3-10,12,16,18,22,31H,2,11H2,1H3/t16-,18+,22?,23+/m0/s1. The van der Waals surface area contributed by atoms with Gasteiger partial charge in [-0.15, -0.1) is 0 Å². The molecule has 8 nitrogen and oxygen atoms in total. The Hall–Kier alpha value is -3.52. The predicted octanol–water partition coefficient (Wildman–Crippen LogP) is 1.52. The van der Waals surface area contributed by atoms with Crippen molar-refractivity contribution in [2.75, 3.05) is 4.90 Å². The van der Waals surface area contributed by atoms with Crippen LogP contribution < -0.4 is 10.5 Å². The molecule has 1 unspecified atom stereocenters. The minimum Gasteiger partial charge on any atom is -0.381 e. The van der Waals surface area contributed by atoms with Gasteiger partial charge in [-0.05, 0) is 24.6 Å². The first-order valence-electron chi connectivity index (χ1n) is 10.4. The number of hydrogen-bond donors (Lipinski definition) is 1. The molecular weight excluding hydrogens is 396 g/mol. The van der Waals surface area contributed by atoms with E-state index in [0.717, 1.165) is 0 Å². The van der Waals surface area contributed by atoms with Gasteiger partial charge in [0.25, 0.3) is 11.5 Å². The van der Waals surface area contributed by atoms with Gasteiger partial charge in [0.05, 0.1) is 22.9 Å². The molecule has 0 aliphatic carbocycles. The number of anilines is 1. The molecule has 0 radical (unpaired) electrons. The second-order valence-corrected chi connectivity index (χ2v) is 8.39. The van der Waals surface area contributed by atoms with Crippen LogP contribution in [0, 0.1) is 0 Å². The van der Waals surface area contributed by atoms with Crippen LogP contribution in [0.15, 0.2) is 59.7 Å². The molecule has 2 aromatic carbocycles. The van der Waals surface area contributed by atoms with Crippen LogP contribution in [0.4, 0.5) is 5.69 Å². The number of para-hydroxylation sites is 2. The van der Waals surface area contributed by atoms with Gasteiger partial charge in [0, 0.05) is 12.0 Å². The lowest BCUT2D eigenvalue weighted by Crippen LogP contribution is -2.61. The lowest BCUT2D eigenvalue weighted by Gasteiger charge is -2.45. The fourth-order valence-corrected chi connectivity index (χ4v) is 5.52. The fourth-order valence-electron chi connectivity index (χ4n) is 5.52. The number of benzene rings is 2. The molecule has 31 heavy (non-hydrogen) atoms. The van der Waals surface area contributed by atoms with E-state index in [-0.39, 0.29) is 23.8 Å². The van der Waals surface area contributed by atoms with Crippen molar-refractivity contribution in [1.82, 2.24) is 14.5 Å². The Balaban J connectivity index is 1.57. The van der Waals surface area contributed by atoms with Gasteiger partial charge in [-0.1, -0.05) is 37.3 Å². The Morgan fingerprint density at radius 1 is 1.06 bits per heavy atom. The minimum absolute atomic E-state index is 0.00977. The highest BCUT2D eigenvalue weighted by atomic mass is 16.3. The monoisotopic (exact) mass is 416 g/mol. The summed E-state index contributed by atoms with van der Waals surface area (Å²) in [5.74, 6) is -0.543. The topological polar surface area (TPSA) is 95.7 Å². The largest absolute Gasteiger partial charge is 0.381 e. The summed E-state index contributed by atoms with van der Waals surface area (Å²) in [5, 5.41) is 12.3. The molecule has 3 aromatic rings. The lowest BCUT2D eigenvalue weighted by molar-refractivity contribution is -0.159. The zero-order chi connectivity index (χ0) is 21.5. The number of aromatic nitrogens is 2. The molecule has 2 fully saturated rings. The number of amides is 2. The molecule has 1 N–H and O–H groups in total. The van der Waals surface area contributed by atoms with Crippen molar-refractivity contribution in [2.24, 2.45) is 0 Å². The first-order valence-corrected chi connectivity index (χ1v) is 10.4.